The van der Waals surface area contributed by atoms with Gasteiger partial charge < -0.3 is 10.6 Å². The molecule has 0 fully saturated rings. The number of aromatic nitrogens is 2. The van der Waals surface area contributed by atoms with Gasteiger partial charge >= 0.3 is 0 Å². The highest BCUT2D eigenvalue weighted by Crippen LogP contribution is 2.06. The third-order valence-corrected chi connectivity index (χ3v) is 3.82. The molecule has 1 heterocycles. The standard InChI is InChI=1S/C20H16F2N4O2/c21-15-5-1-3-13(7-15)10-23-19(27)17-9-18(26-12-25-17)20(28)24-11-14-4-2-6-16(22)8-14/h1-9,12H,10-11H2,(H,23,27)(H,24,28). The van der Waals surface area contributed by atoms with Crippen molar-refractivity contribution in [3.63, 3.8) is 0 Å². The van der Waals surface area contributed by atoms with E-state index >= 15 is 0 Å². The molecule has 28 heavy (non-hydrogen) atoms. The molecule has 0 saturated carbocycles. The van der Waals surface area contributed by atoms with E-state index in [0.717, 1.165) is 6.33 Å². The first-order valence-electron chi connectivity index (χ1n) is 8.38. The first-order chi connectivity index (χ1) is 13.5. The molecule has 2 N–H and O–H groups in total. The Morgan fingerprint density at radius 3 is 1.64 bits per heavy atom. The summed E-state index contributed by atoms with van der Waals surface area (Å²) in [5.41, 5.74) is 1.19. The zero-order valence-corrected chi connectivity index (χ0v) is 14.7. The molecule has 0 spiro atoms. The first-order valence-corrected chi connectivity index (χ1v) is 8.38. The van der Waals surface area contributed by atoms with Crippen LogP contribution in [0.25, 0.3) is 0 Å². The summed E-state index contributed by atoms with van der Waals surface area (Å²) < 4.78 is 26.4. The van der Waals surface area contributed by atoms with Crippen molar-refractivity contribution in [1.82, 2.24) is 20.6 Å². The molecule has 6 nitrogen and oxygen atoms in total. The second-order valence-electron chi connectivity index (χ2n) is 5.91. The van der Waals surface area contributed by atoms with Crippen LogP contribution in [0.4, 0.5) is 8.78 Å². The number of rotatable bonds is 6. The van der Waals surface area contributed by atoms with Gasteiger partial charge in [0.2, 0.25) is 0 Å². The van der Waals surface area contributed by atoms with Gasteiger partial charge in [-0.05, 0) is 35.4 Å². The Balaban J connectivity index is 1.60. The molecule has 3 aromatic rings. The lowest BCUT2D eigenvalue weighted by molar-refractivity contribution is 0.0944. The average molecular weight is 382 g/mol. The molecule has 1 aromatic heterocycles. The van der Waals surface area contributed by atoms with Crippen LogP contribution >= 0.6 is 0 Å². The molecule has 0 aliphatic carbocycles. The molecule has 2 amide bonds. The van der Waals surface area contributed by atoms with Gasteiger partial charge in [-0.15, -0.1) is 0 Å². The number of benzene rings is 2. The molecule has 3 rings (SSSR count). The molecular formula is C20H16F2N4O2. The lowest BCUT2D eigenvalue weighted by Crippen LogP contribution is -2.27. The molecule has 8 heteroatoms. The Bertz CT molecular complexity index is 934. The summed E-state index contributed by atoms with van der Waals surface area (Å²) >= 11 is 0. The van der Waals surface area contributed by atoms with Gasteiger partial charge in [-0.2, -0.15) is 0 Å². The topological polar surface area (TPSA) is 84.0 Å². The Morgan fingerprint density at radius 1 is 0.750 bits per heavy atom. The fraction of sp³-hybridized carbons (Fsp3) is 0.100. The number of hydrogen-bond donors (Lipinski definition) is 2. The van der Waals surface area contributed by atoms with E-state index in [1.54, 1.807) is 24.3 Å². The van der Waals surface area contributed by atoms with Crippen molar-refractivity contribution in [3.8, 4) is 0 Å². The molecule has 142 valence electrons. The van der Waals surface area contributed by atoms with Crippen molar-refractivity contribution in [2.75, 3.05) is 0 Å². The Labute approximate surface area is 159 Å². The summed E-state index contributed by atoms with van der Waals surface area (Å²) in [4.78, 5) is 32.2. The average Bonchev–Trinajstić information content (AvgIpc) is 2.70. The van der Waals surface area contributed by atoms with Crippen LogP contribution in [0.1, 0.15) is 32.1 Å². The molecule has 0 aliphatic rings. The van der Waals surface area contributed by atoms with Crippen molar-refractivity contribution in [2.45, 2.75) is 13.1 Å². The highest BCUT2D eigenvalue weighted by Gasteiger charge is 2.13. The Hall–Kier alpha value is -3.68. The monoisotopic (exact) mass is 382 g/mol. The fourth-order valence-corrected chi connectivity index (χ4v) is 2.45. The summed E-state index contributed by atoms with van der Waals surface area (Å²) in [6.07, 6.45) is 1.11. The van der Waals surface area contributed by atoms with E-state index < -0.39 is 23.4 Å². The van der Waals surface area contributed by atoms with Crippen LogP contribution in [-0.4, -0.2) is 21.8 Å². The summed E-state index contributed by atoms with van der Waals surface area (Å²) in [7, 11) is 0. The van der Waals surface area contributed by atoms with Crippen LogP contribution in [0.3, 0.4) is 0 Å². The number of halogens is 2. The van der Waals surface area contributed by atoms with Gasteiger partial charge in [0.25, 0.3) is 11.8 Å². The minimum absolute atomic E-state index is 0.00214. The van der Waals surface area contributed by atoms with Gasteiger partial charge in [0, 0.05) is 19.2 Å². The number of carbonyl (C=O) groups is 2. The smallest absolute Gasteiger partial charge is 0.270 e. The van der Waals surface area contributed by atoms with Gasteiger partial charge in [-0.25, -0.2) is 18.7 Å². The molecule has 2 aromatic carbocycles. The Kier molecular flexibility index (Phi) is 6.01. The van der Waals surface area contributed by atoms with Crippen LogP contribution in [-0.2, 0) is 13.1 Å². The van der Waals surface area contributed by atoms with E-state index in [2.05, 4.69) is 20.6 Å². The minimum atomic E-state index is -0.522. The van der Waals surface area contributed by atoms with Crippen LogP contribution < -0.4 is 10.6 Å². The van der Waals surface area contributed by atoms with Crippen LogP contribution in [0.5, 0.6) is 0 Å². The lowest BCUT2D eigenvalue weighted by Gasteiger charge is -2.07. The maximum absolute atomic E-state index is 13.2. The third kappa shape index (κ3) is 5.16. The molecule has 0 atom stereocenters. The van der Waals surface area contributed by atoms with Crippen molar-refractivity contribution in [3.05, 3.63) is 95.1 Å². The van der Waals surface area contributed by atoms with Crippen LogP contribution in [0.15, 0.2) is 60.9 Å². The van der Waals surface area contributed by atoms with Crippen molar-refractivity contribution in [1.29, 1.82) is 0 Å². The van der Waals surface area contributed by atoms with Crippen molar-refractivity contribution >= 4 is 11.8 Å². The number of nitrogens with one attached hydrogen (secondary N) is 2. The summed E-state index contributed by atoms with van der Waals surface area (Å²) in [6.45, 7) is 0.226. The van der Waals surface area contributed by atoms with Gasteiger partial charge in [-0.3, -0.25) is 9.59 Å². The van der Waals surface area contributed by atoms with Crippen LogP contribution in [0.2, 0.25) is 0 Å². The predicted molar refractivity (Wildman–Crippen MR) is 97.2 cm³/mol. The summed E-state index contributed by atoms with van der Waals surface area (Å²) in [6, 6.07) is 12.9. The Morgan fingerprint density at radius 2 is 1.21 bits per heavy atom. The molecular weight excluding hydrogens is 366 g/mol. The van der Waals surface area contributed by atoms with Crippen LogP contribution in [0, 0.1) is 11.6 Å². The van der Waals surface area contributed by atoms with Gasteiger partial charge in [0.15, 0.2) is 0 Å². The van der Waals surface area contributed by atoms with Gasteiger partial charge in [0.1, 0.15) is 29.3 Å². The van der Waals surface area contributed by atoms with Crippen molar-refractivity contribution < 1.29 is 18.4 Å². The largest absolute Gasteiger partial charge is 0.347 e. The SMILES string of the molecule is O=C(NCc1cccc(F)c1)c1cc(C(=O)NCc2cccc(F)c2)ncn1. The second-order valence-corrected chi connectivity index (χ2v) is 5.91. The number of nitrogens with zero attached hydrogens (tertiary/aromatic N) is 2. The van der Waals surface area contributed by atoms with E-state index in [1.807, 2.05) is 0 Å². The maximum Gasteiger partial charge on any atom is 0.270 e. The summed E-state index contributed by atoms with van der Waals surface area (Å²) in [5.74, 6) is -1.84. The van der Waals surface area contributed by atoms with E-state index in [-0.39, 0.29) is 24.5 Å². The molecule has 0 radical (unpaired) electrons. The third-order valence-electron chi connectivity index (χ3n) is 3.82. The first kappa shape index (κ1) is 19.1. The van der Waals surface area contributed by atoms with E-state index in [1.165, 1.54) is 30.3 Å². The molecule has 0 unspecified atom stereocenters. The molecule has 0 saturated heterocycles. The molecule has 0 aliphatic heterocycles. The molecule has 0 bridgehead atoms. The summed E-state index contributed by atoms with van der Waals surface area (Å²) in [5, 5.41) is 5.21. The highest BCUT2D eigenvalue weighted by atomic mass is 19.1. The van der Waals surface area contributed by atoms with Crippen molar-refractivity contribution in [2.24, 2.45) is 0 Å². The lowest BCUT2D eigenvalue weighted by atomic mass is 10.2. The van der Waals surface area contributed by atoms with Gasteiger partial charge in [-0.1, -0.05) is 24.3 Å². The van der Waals surface area contributed by atoms with E-state index in [0.29, 0.717) is 11.1 Å². The maximum atomic E-state index is 13.2. The number of carbonyl (C=O) groups excluding carboxylic acids is 2. The van der Waals surface area contributed by atoms with E-state index in [9.17, 15) is 18.4 Å². The number of amides is 2. The van der Waals surface area contributed by atoms with Gasteiger partial charge in [0.05, 0.1) is 0 Å². The predicted octanol–water partition coefficient (Wildman–Crippen LogP) is 2.61. The van der Waals surface area contributed by atoms with E-state index in [4.69, 9.17) is 0 Å². The number of hydrogen-bond acceptors (Lipinski definition) is 4. The normalized spacial score (nSPS) is 10.4. The zero-order chi connectivity index (χ0) is 19.9. The highest BCUT2D eigenvalue weighted by molar-refractivity contribution is 5.97. The quantitative estimate of drug-likeness (QED) is 0.687. The zero-order valence-electron chi connectivity index (χ0n) is 14.7. The second kappa shape index (κ2) is 8.81. The minimum Gasteiger partial charge on any atom is -0.347 e. The fourth-order valence-electron chi connectivity index (χ4n) is 2.45.